The molecule has 1 N–H and O–H groups in total. The van der Waals surface area contributed by atoms with Crippen LogP contribution in [0.1, 0.15) is 36.0 Å². The third-order valence-corrected chi connectivity index (χ3v) is 4.54. The Morgan fingerprint density at radius 2 is 2.00 bits per heavy atom. The quantitative estimate of drug-likeness (QED) is 0.623. The lowest BCUT2D eigenvalue weighted by Gasteiger charge is -2.23. The van der Waals surface area contributed by atoms with Crippen molar-refractivity contribution in [2.75, 3.05) is 31.6 Å². The van der Waals surface area contributed by atoms with Crippen LogP contribution in [0.3, 0.4) is 0 Å². The van der Waals surface area contributed by atoms with Crippen LogP contribution >= 0.6 is 0 Å². The number of benzene rings is 1. The third-order valence-electron chi connectivity index (χ3n) is 4.54. The van der Waals surface area contributed by atoms with Gasteiger partial charge in [-0.2, -0.15) is 0 Å². The highest BCUT2D eigenvalue weighted by molar-refractivity contribution is 6.01. The first-order chi connectivity index (χ1) is 12.0. The van der Waals surface area contributed by atoms with Gasteiger partial charge in [0.1, 0.15) is 0 Å². The minimum absolute atomic E-state index is 0.0581. The lowest BCUT2D eigenvalue weighted by molar-refractivity contribution is -0.384. The van der Waals surface area contributed by atoms with Gasteiger partial charge < -0.3 is 15.1 Å². The number of nitro groups is 1. The summed E-state index contributed by atoms with van der Waals surface area (Å²) in [7, 11) is 1.54. The zero-order valence-electron chi connectivity index (χ0n) is 14.2. The van der Waals surface area contributed by atoms with E-state index in [0.717, 1.165) is 38.8 Å². The molecule has 1 aromatic carbocycles. The standard InChI is InChI=1S/C17H22N4O4/c1-19(11-16(22)18-12-4-5-12)17(23)14-10-13(21(24)25)6-7-15(14)20-8-2-3-9-20/h6-7,10,12H,2-5,8-9,11H2,1H3,(H,18,22). The van der Waals surface area contributed by atoms with Crippen LogP contribution in [0.5, 0.6) is 0 Å². The van der Waals surface area contributed by atoms with E-state index in [2.05, 4.69) is 10.2 Å². The molecule has 0 radical (unpaired) electrons. The molecule has 1 aliphatic carbocycles. The maximum atomic E-state index is 12.8. The van der Waals surface area contributed by atoms with E-state index in [-0.39, 0.29) is 35.7 Å². The van der Waals surface area contributed by atoms with E-state index in [9.17, 15) is 19.7 Å². The molecule has 0 aromatic heterocycles. The number of carbonyl (C=O) groups excluding carboxylic acids is 2. The molecule has 0 atom stereocenters. The second-order valence-electron chi connectivity index (χ2n) is 6.66. The predicted octanol–water partition coefficient (Wildman–Crippen LogP) is 1.55. The summed E-state index contributed by atoms with van der Waals surface area (Å²) in [6.07, 6.45) is 4.02. The largest absolute Gasteiger partial charge is 0.371 e. The monoisotopic (exact) mass is 346 g/mol. The summed E-state index contributed by atoms with van der Waals surface area (Å²) >= 11 is 0. The van der Waals surface area contributed by atoms with Crippen LogP contribution < -0.4 is 10.2 Å². The van der Waals surface area contributed by atoms with Crippen molar-refractivity contribution in [3.63, 3.8) is 0 Å². The molecule has 0 unspecified atom stereocenters. The maximum Gasteiger partial charge on any atom is 0.270 e. The molecular weight excluding hydrogens is 324 g/mol. The number of likely N-dealkylation sites (N-methyl/N-ethyl adjacent to an activating group) is 1. The maximum absolute atomic E-state index is 12.8. The Morgan fingerprint density at radius 1 is 1.32 bits per heavy atom. The second-order valence-corrected chi connectivity index (χ2v) is 6.66. The normalized spacial score (nSPS) is 16.6. The summed E-state index contributed by atoms with van der Waals surface area (Å²) in [6, 6.07) is 4.60. The van der Waals surface area contributed by atoms with Crippen LogP contribution in [-0.2, 0) is 4.79 Å². The van der Waals surface area contributed by atoms with Gasteiger partial charge in [-0.15, -0.1) is 0 Å². The van der Waals surface area contributed by atoms with E-state index in [1.807, 2.05) is 0 Å². The summed E-state index contributed by atoms with van der Waals surface area (Å²) in [5, 5.41) is 13.9. The van der Waals surface area contributed by atoms with Crippen LogP contribution in [0.15, 0.2) is 18.2 Å². The average molecular weight is 346 g/mol. The van der Waals surface area contributed by atoms with Crippen molar-refractivity contribution in [1.29, 1.82) is 0 Å². The fourth-order valence-electron chi connectivity index (χ4n) is 3.04. The zero-order chi connectivity index (χ0) is 18.0. The number of hydrogen-bond acceptors (Lipinski definition) is 5. The lowest BCUT2D eigenvalue weighted by atomic mass is 10.1. The molecule has 3 rings (SSSR count). The number of nitrogens with one attached hydrogen (secondary N) is 1. The van der Waals surface area contributed by atoms with E-state index < -0.39 is 4.92 Å². The van der Waals surface area contributed by atoms with E-state index >= 15 is 0 Å². The van der Waals surface area contributed by atoms with Crippen LogP contribution in [0.4, 0.5) is 11.4 Å². The number of anilines is 1. The van der Waals surface area contributed by atoms with Crippen molar-refractivity contribution in [2.24, 2.45) is 0 Å². The molecule has 1 saturated heterocycles. The molecule has 0 bridgehead atoms. The molecule has 25 heavy (non-hydrogen) atoms. The molecule has 1 saturated carbocycles. The number of hydrogen-bond donors (Lipinski definition) is 1. The lowest BCUT2D eigenvalue weighted by Crippen LogP contribution is -2.39. The van der Waals surface area contributed by atoms with Gasteiger partial charge in [0.05, 0.1) is 22.7 Å². The van der Waals surface area contributed by atoms with Crippen LogP contribution in [0.2, 0.25) is 0 Å². The number of non-ortho nitro benzene ring substituents is 1. The fraction of sp³-hybridized carbons (Fsp3) is 0.529. The number of rotatable bonds is 6. The smallest absolute Gasteiger partial charge is 0.270 e. The van der Waals surface area contributed by atoms with Gasteiger partial charge in [0, 0.05) is 38.3 Å². The van der Waals surface area contributed by atoms with E-state index in [4.69, 9.17) is 0 Å². The van der Waals surface area contributed by atoms with Crippen molar-refractivity contribution in [1.82, 2.24) is 10.2 Å². The zero-order valence-corrected chi connectivity index (χ0v) is 14.2. The Labute approximate surface area is 145 Å². The first-order valence-corrected chi connectivity index (χ1v) is 8.54. The van der Waals surface area contributed by atoms with Crippen LogP contribution in [0, 0.1) is 10.1 Å². The summed E-state index contributed by atoms with van der Waals surface area (Å²) in [4.78, 5) is 38.7. The van der Waals surface area contributed by atoms with E-state index in [1.54, 1.807) is 13.1 Å². The molecule has 2 aliphatic rings. The Bertz CT molecular complexity index is 696. The summed E-state index contributed by atoms with van der Waals surface area (Å²) in [6.45, 7) is 1.59. The molecule has 134 valence electrons. The number of carbonyl (C=O) groups is 2. The van der Waals surface area contributed by atoms with Crippen LogP contribution in [0.25, 0.3) is 0 Å². The fourth-order valence-corrected chi connectivity index (χ4v) is 3.04. The molecule has 8 heteroatoms. The SMILES string of the molecule is CN(CC(=O)NC1CC1)C(=O)c1cc([N+](=O)[O-])ccc1N1CCCC1. The highest BCUT2D eigenvalue weighted by Gasteiger charge is 2.27. The van der Waals surface area contributed by atoms with Crippen molar-refractivity contribution < 1.29 is 14.5 Å². The summed E-state index contributed by atoms with van der Waals surface area (Å²) in [5.41, 5.74) is 0.850. The molecule has 1 aromatic rings. The highest BCUT2D eigenvalue weighted by Crippen LogP contribution is 2.29. The van der Waals surface area contributed by atoms with Gasteiger partial charge in [-0.1, -0.05) is 0 Å². The Balaban J connectivity index is 1.81. The predicted molar refractivity (Wildman–Crippen MR) is 92.7 cm³/mol. The second kappa shape index (κ2) is 7.08. The van der Waals surface area contributed by atoms with Gasteiger partial charge in [-0.05, 0) is 31.7 Å². The summed E-state index contributed by atoms with van der Waals surface area (Å²) < 4.78 is 0. The number of amides is 2. The Hall–Kier alpha value is -2.64. The molecule has 2 amide bonds. The van der Waals surface area contributed by atoms with Gasteiger partial charge in [0.2, 0.25) is 5.91 Å². The number of nitrogens with zero attached hydrogens (tertiary/aromatic N) is 3. The van der Waals surface area contributed by atoms with Crippen LogP contribution in [-0.4, -0.2) is 54.4 Å². The van der Waals surface area contributed by atoms with Crippen molar-refractivity contribution in [3.8, 4) is 0 Å². The minimum atomic E-state index is -0.510. The highest BCUT2D eigenvalue weighted by atomic mass is 16.6. The van der Waals surface area contributed by atoms with Crippen molar-refractivity contribution >= 4 is 23.2 Å². The van der Waals surface area contributed by atoms with E-state index in [1.165, 1.54) is 17.0 Å². The molecule has 2 fully saturated rings. The molecule has 1 aliphatic heterocycles. The van der Waals surface area contributed by atoms with E-state index in [0.29, 0.717) is 5.69 Å². The van der Waals surface area contributed by atoms with Crippen molar-refractivity contribution in [2.45, 2.75) is 31.7 Å². The number of nitro benzene ring substituents is 1. The minimum Gasteiger partial charge on any atom is -0.371 e. The molecule has 0 spiro atoms. The Kier molecular flexibility index (Phi) is 4.87. The molecule has 8 nitrogen and oxygen atoms in total. The molecule has 1 heterocycles. The van der Waals surface area contributed by atoms with Gasteiger partial charge >= 0.3 is 0 Å². The average Bonchev–Trinajstić information content (AvgIpc) is 3.22. The summed E-state index contributed by atoms with van der Waals surface area (Å²) in [5.74, 6) is -0.581. The molecular formula is C17H22N4O4. The topological polar surface area (TPSA) is 95.8 Å². The first-order valence-electron chi connectivity index (χ1n) is 8.54. The van der Waals surface area contributed by atoms with Gasteiger partial charge in [0.25, 0.3) is 11.6 Å². The van der Waals surface area contributed by atoms with Gasteiger partial charge in [0.15, 0.2) is 0 Å². The third kappa shape index (κ3) is 4.07. The van der Waals surface area contributed by atoms with Gasteiger partial charge in [-0.3, -0.25) is 19.7 Å². The first kappa shape index (κ1) is 17.2. The Morgan fingerprint density at radius 3 is 2.60 bits per heavy atom. The van der Waals surface area contributed by atoms with Gasteiger partial charge in [-0.25, -0.2) is 0 Å². The van der Waals surface area contributed by atoms with Crippen molar-refractivity contribution in [3.05, 3.63) is 33.9 Å².